The Balaban J connectivity index is 1.45. The predicted octanol–water partition coefficient (Wildman–Crippen LogP) is 3.43. The van der Waals surface area contributed by atoms with Crippen LogP contribution in [-0.2, 0) is 11.3 Å². The molecule has 1 aliphatic heterocycles. The van der Waals surface area contributed by atoms with Gasteiger partial charge in [0.1, 0.15) is 0 Å². The number of halogens is 1. The zero-order chi connectivity index (χ0) is 15.9. The highest BCUT2D eigenvalue weighted by molar-refractivity contribution is 6.30. The van der Waals surface area contributed by atoms with Gasteiger partial charge in [0.15, 0.2) is 0 Å². The fourth-order valence-electron chi connectivity index (χ4n) is 2.75. The summed E-state index contributed by atoms with van der Waals surface area (Å²) in [5.41, 5.74) is 3.73. The van der Waals surface area contributed by atoms with Crippen molar-refractivity contribution in [3.05, 3.63) is 59.1 Å². The number of nitrogens with one attached hydrogen (secondary N) is 1. The van der Waals surface area contributed by atoms with Crippen molar-refractivity contribution in [2.75, 3.05) is 39.4 Å². The average Bonchev–Trinajstić information content (AvgIpc) is 2.61. The summed E-state index contributed by atoms with van der Waals surface area (Å²) in [6, 6.07) is 16.7. The van der Waals surface area contributed by atoms with Gasteiger partial charge in [0.25, 0.3) is 0 Å². The lowest BCUT2D eigenvalue weighted by Crippen LogP contribution is -2.40. The number of hydrogen-bond donors (Lipinski definition) is 1. The average molecular weight is 331 g/mol. The first kappa shape index (κ1) is 16.5. The molecule has 0 spiro atoms. The largest absolute Gasteiger partial charge is 0.379 e. The van der Waals surface area contributed by atoms with Crippen LogP contribution in [-0.4, -0.2) is 44.3 Å². The molecule has 1 N–H and O–H groups in total. The van der Waals surface area contributed by atoms with E-state index in [-0.39, 0.29) is 0 Å². The van der Waals surface area contributed by atoms with Crippen molar-refractivity contribution < 1.29 is 4.74 Å². The van der Waals surface area contributed by atoms with Crippen LogP contribution in [0, 0.1) is 0 Å². The molecule has 2 aromatic rings. The summed E-state index contributed by atoms with van der Waals surface area (Å²) < 4.78 is 5.36. The SMILES string of the molecule is Clc1ccc(-c2ccc(CNCCN3CCOCC3)cc2)cc1. The number of hydrogen-bond acceptors (Lipinski definition) is 3. The Labute approximate surface area is 143 Å². The van der Waals surface area contributed by atoms with Crippen molar-refractivity contribution in [2.24, 2.45) is 0 Å². The molecule has 23 heavy (non-hydrogen) atoms. The number of benzene rings is 2. The Morgan fingerprint density at radius 1 is 0.913 bits per heavy atom. The molecule has 0 unspecified atom stereocenters. The normalized spacial score (nSPS) is 15.7. The quantitative estimate of drug-likeness (QED) is 0.821. The van der Waals surface area contributed by atoms with E-state index in [2.05, 4.69) is 46.6 Å². The van der Waals surface area contributed by atoms with Crippen molar-refractivity contribution in [3.63, 3.8) is 0 Å². The van der Waals surface area contributed by atoms with E-state index in [1.807, 2.05) is 12.1 Å². The van der Waals surface area contributed by atoms with Crippen LogP contribution in [0.4, 0.5) is 0 Å². The highest BCUT2D eigenvalue weighted by Crippen LogP contribution is 2.21. The van der Waals surface area contributed by atoms with Crippen molar-refractivity contribution in [2.45, 2.75) is 6.54 Å². The smallest absolute Gasteiger partial charge is 0.0594 e. The van der Waals surface area contributed by atoms with Crippen LogP contribution in [0.5, 0.6) is 0 Å². The monoisotopic (exact) mass is 330 g/mol. The van der Waals surface area contributed by atoms with Gasteiger partial charge in [-0.1, -0.05) is 48.0 Å². The summed E-state index contributed by atoms with van der Waals surface area (Å²) in [6.45, 7) is 6.85. The molecule has 0 bridgehead atoms. The van der Waals surface area contributed by atoms with Crippen LogP contribution in [0.3, 0.4) is 0 Å². The van der Waals surface area contributed by atoms with E-state index in [1.54, 1.807) is 0 Å². The van der Waals surface area contributed by atoms with Crippen molar-refractivity contribution in [3.8, 4) is 11.1 Å². The molecular weight excluding hydrogens is 308 g/mol. The number of nitrogens with zero attached hydrogens (tertiary/aromatic N) is 1. The first-order valence-corrected chi connectivity index (χ1v) is 8.55. The van der Waals surface area contributed by atoms with Crippen LogP contribution < -0.4 is 5.32 Å². The molecule has 0 aliphatic carbocycles. The van der Waals surface area contributed by atoms with E-state index in [9.17, 15) is 0 Å². The lowest BCUT2D eigenvalue weighted by molar-refractivity contribution is 0.0384. The van der Waals surface area contributed by atoms with Crippen LogP contribution >= 0.6 is 11.6 Å². The van der Waals surface area contributed by atoms with Gasteiger partial charge in [0.05, 0.1) is 13.2 Å². The van der Waals surface area contributed by atoms with Crippen molar-refractivity contribution in [1.82, 2.24) is 10.2 Å². The molecule has 1 saturated heterocycles. The molecule has 0 radical (unpaired) electrons. The van der Waals surface area contributed by atoms with Crippen LogP contribution in [0.25, 0.3) is 11.1 Å². The molecule has 0 amide bonds. The van der Waals surface area contributed by atoms with Crippen LogP contribution in [0.1, 0.15) is 5.56 Å². The summed E-state index contributed by atoms with van der Waals surface area (Å²) in [6.07, 6.45) is 0. The van der Waals surface area contributed by atoms with Crippen molar-refractivity contribution in [1.29, 1.82) is 0 Å². The Morgan fingerprint density at radius 2 is 1.52 bits per heavy atom. The lowest BCUT2D eigenvalue weighted by Gasteiger charge is -2.26. The second kappa shape index (κ2) is 8.46. The molecule has 1 fully saturated rings. The first-order chi connectivity index (χ1) is 11.3. The summed E-state index contributed by atoms with van der Waals surface area (Å²) in [7, 11) is 0. The standard InChI is InChI=1S/C19H23ClN2O/c20-19-7-5-18(6-8-19)17-3-1-16(2-4-17)15-21-9-10-22-11-13-23-14-12-22/h1-8,21H,9-15H2. The van der Waals surface area contributed by atoms with Gasteiger partial charge < -0.3 is 10.1 Å². The zero-order valence-electron chi connectivity index (χ0n) is 13.3. The van der Waals surface area contributed by atoms with Gasteiger partial charge in [-0.15, -0.1) is 0 Å². The Hall–Kier alpha value is -1.39. The van der Waals surface area contributed by atoms with Crippen LogP contribution in [0.2, 0.25) is 5.02 Å². The molecule has 3 nitrogen and oxygen atoms in total. The Bertz CT molecular complexity index is 592. The van der Waals surface area contributed by atoms with Gasteiger partial charge in [-0.2, -0.15) is 0 Å². The number of morpholine rings is 1. The minimum atomic E-state index is 0.773. The third-order valence-corrected chi connectivity index (χ3v) is 4.42. The summed E-state index contributed by atoms with van der Waals surface area (Å²) >= 11 is 5.93. The first-order valence-electron chi connectivity index (χ1n) is 8.17. The fourth-order valence-corrected chi connectivity index (χ4v) is 2.88. The predicted molar refractivity (Wildman–Crippen MR) is 95.9 cm³/mol. The van der Waals surface area contributed by atoms with Crippen molar-refractivity contribution >= 4 is 11.6 Å². The van der Waals surface area contributed by atoms with E-state index in [4.69, 9.17) is 16.3 Å². The van der Waals surface area contributed by atoms with E-state index in [1.165, 1.54) is 16.7 Å². The summed E-state index contributed by atoms with van der Waals surface area (Å²) in [4.78, 5) is 2.44. The minimum absolute atomic E-state index is 0.773. The van der Waals surface area contributed by atoms with E-state index in [0.717, 1.165) is 51.0 Å². The topological polar surface area (TPSA) is 24.5 Å². The van der Waals surface area contributed by atoms with Crippen LogP contribution in [0.15, 0.2) is 48.5 Å². The second-order valence-electron chi connectivity index (χ2n) is 5.83. The molecule has 4 heteroatoms. The highest BCUT2D eigenvalue weighted by atomic mass is 35.5. The Kier molecular flexibility index (Phi) is 6.06. The third kappa shape index (κ3) is 5.05. The summed E-state index contributed by atoms with van der Waals surface area (Å²) in [5.74, 6) is 0. The zero-order valence-corrected chi connectivity index (χ0v) is 14.1. The molecule has 3 rings (SSSR count). The molecule has 1 heterocycles. The van der Waals surface area contributed by atoms with Gasteiger partial charge in [0.2, 0.25) is 0 Å². The molecule has 1 aliphatic rings. The summed E-state index contributed by atoms with van der Waals surface area (Å²) in [5, 5.41) is 4.29. The fraction of sp³-hybridized carbons (Fsp3) is 0.368. The number of rotatable bonds is 6. The van der Waals surface area contributed by atoms with Gasteiger partial charge in [0, 0.05) is 37.7 Å². The molecule has 0 aromatic heterocycles. The Morgan fingerprint density at radius 3 is 2.17 bits per heavy atom. The number of ether oxygens (including phenoxy) is 1. The van der Waals surface area contributed by atoms with Gasteiger partial charge in [-0.25, -0.2) is 0 Å². The molecule has 122 valence electrons. The minimum Gasteiger partial charge on any atom is -0.379 e. The van der Waals surface area contributed by atoms with Gasteiger partial charge in [-0.3, -0.25) is 4.90 Å². The van der Waals surface area contributed by atoms with E-state index >= 15 is 0 Å². The van der Waals surface area contributed by atoms with Gasteiger partial charge >= 0.3 is 0 Å². The maximum atomic E-state index is 5.93. The lowest BCUT2D eigenvalue weighted by atomic mass is 10.0. The molecule has 0 saturated carbocycles. The maximum absolute atomic E-state index is 5.93. The maximum Gasteiger partial charge on any atom is 0.0594 e. The highest BCUT2D eigenvalue weighted by Gasteiger charge is 2.08. The van der Waals surface area contributed by atoms with E-state index < -0.39 is 0 Å². The molecular formula is C19H23ClN2O. The second-order valence-corrected chi connectivity index (χ2v) is 6.27. The third-order valence-electron chi connectivity index (χ3n) is 4.17. The van der Waals surface area contributed by atoms with Gasteiger partial charge in [-0.05, 0) is 28.8 Å². The molecule has 2 aromatic carbocycles. The van der Waals surface area contributed by atoms with E-state index in [0.29, 0.717) is 0 Å². The molecule has 0 atom stereocenters.